The number of alkyl halides is 3. The quantitative estimate of drug-likeness (QED) is 0.628. The molecule has 0 aliphatic carbocycles. The van der Waals surface area contributed by atoms with Gasteiger partial charge in [0.05, 0.1) is 5.56 Å². The molecule has 0 atom stereocenters. The minimum Gasteiger partial charge on any atom is -0.378 e. The predicted molar refractivity (Wildman–Crippen MR) is 122 cm³/mol. The van der Waals surface area contributed by atoms with E-state index in [0.29, 0.717) is 39.0 Å². The molecule has 0 bridgehead atoms. The van der Waals surface area contributed by atoms with E-state index in [1.807, 2.05) is 55.1 Å². The van der Waals surface area contributed by atoms with Gasteiger partial charge in [0.15, 0.2) is 0 Å². The number of carbonyl (C=O) groups is 2. The van der Waals surface area contributed by atoms with Crippen LogP contribution in [0.1, 0.15) is 41.3 Å². The Kier molecular flexibility index (Phi) is 7.66. The SMILES string of the molecule is CCN(Cc1ccc(N(C)C)cc1)C(=O)C1CCN(C(=O)c2ccc(C(F)(F)F)cc2)CC1. The van der Waals surface area contributed by atoms with E-state index in [4.69, 9.17) is 0 Å². The molecule has 8 heteroatoms. The minimum absolute atomic E-state index is 0.0795. The predicted octanol–water partition coefficient (Wildman–Crippen LogP) is 4.67. The van der Waals surface area contributed by atoms with Gasteiger partial charge in [-0.25, -0.2) is 0 Å². The Morgan fingerprint density at radius 3 is 2.03 bits per heavy atom. The van der Waals surface area contributed by atoms with E-state index in [9.17, 15) is 22.8 Å². The average molecular weight is 462 g/mol. The number of hydrogen-bond donors (Lipinski definition) is 0. The molecule has 1 fully saturated rings. The second kappa shape index (κ2) is 10.3. The maximum Gasteiger partial charge on any atom is 0.416 e. The third-order valence-corrected chi connectivity index (χ3v) is 6.11. The van der Waals surface area contributed by atoms with Crippen molar-refractivity contribution in [1.82, 2.24) is 9.80 Å². The molecule has 5 nitrogen and oxygen atoms in total. The topological polar surface area (TPSA) is 43.9 Å². The van der Waals surface area contributed by atoms with Crippen LogP contribution in [0.15, 0.2) is 48.5 Å². The smallest absolute Gasteiger partial charge is 0.378 e. The van der Waals surface area contributed by atoms with Gasteiger partial charge < -0.3 is 14.7 Å². The number of amides is 2. The summed E-state index contributed by atoms with van der Waals surface area (Å²) < 4.78 is 38.2. The Bertz CT molecular complexity index is 948. The Labute approximate surface area is 192 Å². The summed E-state index contributed by atoms with van der Waals surface area (Å²) in [5.41, 5.74) is 1.60. The number of piperidine rings is 1. The Morgan fingerprint density at radius 1 is 0.970 bits per heavy atom. The molecule has 0 N–H and O–H groups in total. The fourth-order valence-corrected chi connectivity index (χ4v) is 4.04. The van der Waals surface area contributed by atoms with Gasteiger partial charge in [-0.2, -0.15) is 13.2 Å². The van der Waals surface area contributed by atoms with E-state index in [0.717, 1.165) is 23.4 Å². The molecule has 0 radical (unpaired) electrons. The molecule has 2 aromatic rings. The number of benzene rings is 2. The summed E-state index contributed by atoms with van der Waals surface area (Å²) in [6.07, 6.45) is -3.34. The lowest BCUT2D eigenvalue weighted by Gasteiger charge is -2.34. The number of carbonyl (C=O) groups excluding carboxylic acids is 2. The van der Waals surface area contributed by atoms with E-state index in [-0.39, 0.29) is 23.3 Å². The van der Waals surface area contributed by atoms with Crippen LogP contribution in [0.4, 0.5) is 18.9 Å². The Hall–Kier alpha value is -3.03. The monoisotopic (exact) mass is 461 g/mol. The van der Waals surface area contributed by atoms with Crippen molar-refractivity contribution in [1.29, 1.82) is 0 Å². The largest absolute Gasteiger partial charge is 0.416 e. The summed E-state index contributed by atoms with van der Waals surface area (Å²) in [7, 11) is 3.96. The summed E-state index contributed by atoms with van der Waals surface area (Å²) in [6, 6.07) is 12.4. The van der Waals surface area contributed by atoms with E-state index in [1.165, 1.54) is 12.1 Å². The average Bonchev–Trinajstić information content (AvgIpc) is 2.81. The van der Waals surface area contributed by atoms with E-state index < -0.39 is 11.7 Å². The molecule has 33 heavy (non-hydrogen) atoms. The van der Waals surface area contributed by atoms with Crippen LogP contribution in [0.2, 0.25) is 0 Å². The van der Waals surface area contributed by atoms with Gasteiger partial charge in [-0.1, -0.05) is 12.1 Å². The molecule has 0 unspecified atom stereocenters. The normalized spacial score (nSPS) is 14.8. The van der Waals surface area contributed by atoms with Crippen molar-refractivity contribution in [2.24, 2.45) is 5.92 Å². The molecule has 1 aliphatic rings. The Morgan fingerprint density at radius 2 is 1.55 bits per heavy atom. The molecule has 178 valence electrons. The molecular formula is C25H30F3N3O2. The lowest BCUT2D eigenvalue weighted by Crippen LogP contribution is -2.44. The van der Waals surface area contributed by atoms with Crippen LogP contribution >= 0.6 is 0 Å². The maximum atomic E-state index is 13.1. The van der Waals surface area contributed by atoms with Gasteiger partial charge in [0.1, 0.15) is 0 Å². The second-order valence-electron chi connectivity index (χ2n) is 8.55. The van der Waals surface area contributed by atoms with Gasteiger partial charge in [-0.15, -0.1) is 0 Å². The van der Waals surface area contributed by atoms with Gasteiger partial charge in [-0.05, 0) is 61.7 Å². The van der Waals surface area contributed by atoms with Gasteiger partial charge >= 0.3 is 6.18 Å². The van der Waals surface area contributed by atoms with Gasteiger partial charge in [0, 0.05) is 57.4 Å². The number of anilines is 1. The molecule has 0 spiro atoms. The number of hydrogen-bond acceptors (Lipinski definition) is 3. The standard InChI is InChI=1S/C25H30F3N3O2/c1-4-30(17-18-5-11-22(12-6-18)29(2)3)23(32)20-13-15-31(16-14-20)24(33)19-7-9-21(10-8-19)25(26,27)28/h5-12,20H,4,13-17H2,1-3H3. The van der Waals surface area contributed by atoms with Crippen LogP contribution < -0.4 is 4.90 Å². The van der Waals surface area contributed by atoms with Crippen molar-refractivity contribution in [3.63, 3.8) is 0 Å². The molecule has 1 aliphatic heterocycles. The number of likely N-dealkylation sites (tertiary alicyclic amines) is 1. The van der Waals surface area contributed by atoms with E-state index in [2.05, 4.69) is 0 Å². The maximum absolute atomic E-state index is 13.1. The summed E-state index contributed by atoms with van der Waals surface area (Å²) in [5.74, 6) is -0.388. The van der Waals surface area contributed by atoms with Crippen LogP contribution in [0, 0.1) is 5.92 Å². The first-order valence-electron chi connectivity index (χ1n) is 11.1. The zero-order chi connectivity index (χ0) is 24.2. The highest BCUT2D eigenvalue weighted by atomic mass is 19.4. The molecular weight excluding hydrogens is 431 g/mol. The molecule has 2 amide bonds. The van der Waals surface area contributed by atoms with E-state index in [1.54, 1.807) is 4.90 Å². The van der Waals surface area contributed by atoms with E-state index >= 15 is 0 Å². The third kappa shape index (κ3) is 6.06. The number of nitrogens with zero attached hydrogens (tertiary/aromatic N) is 3. The molecule has 2 aromatic carbocycles. The van der Waals surface area contributed by atoms with Crippen molar-refractivity contribution in [2.75, 3.05) is 38.6 Å². The third-order valence-electron chi connectivity index (χ3n) is 6.11. The fourth-order valence-electron chi connectivity index (χ4n) is 4.04. The molecule has 1 saturated heterocycles. The second-order valence-corrected chi connectivity index (χ2v) is 8.55. The highest BCUT2D eigenvalue weighted by Gasteiger charge is 2.32. The first-order chi connectivity index (χ1) is 15.6. The lowest BCUT2D eigenvalue weighted by atomic mass is 9.94. The number of rotatable bonds is 6. The van der Waals surface area contributed by atoms with Crippen molar-refractivity contribution < 1.29 is 22.8 Å². The summed E-state index contributed by atoms with van der Waals surface area (Å²) in [4.78, 5) is 31.3. The highest BCUT2D eigenvalue weighted by molar-refractivity contribution is 5.94. The number of halogens is 3. The van der Waals surface area contributed by atoms with Crippen molar-refractivity contribution in [3.05, 3.63) is 65.2 Å². The minimum atomic E-state index is -4.43. The highest BCUT2D eigenvalue weighted by Crippen LogP contribution is 2.29. The fraction of sp³-hybridized carbons (Fsp3) is 0.440. The first-order valence-corrected chi connectivity index (χ1v) is 11.1. The molecule has 1 heterocycles. The van der Waals surface area contributed by atoms with Gasteiger partial charge in [-0.3, -0.25) is 9.59 Å². The summed E-state index contributed by atoms with van der Waals surface area (Å²) in [6.45, 7) is 3.90. The van der Waals surface area contributed by atoms with Gasteiger partial charge in [0.2, 0.25) is 5.91 Å². The van der Waals surface area contributed by atoms with Crippen molar-refractivity contribution >= 4 is 17.5 Å². The summed E-state index contributed by atoms with van der Waals surface area (Å²) in [5, 5.41) is 0. The van der Waals surface area contributed by atoms with Crippen LogP contribution in [-0.4, -0.2) is 55.3 Å². The van der Waals surface area contributed by atoms with Crippen LogP contribution in [0.5, 0.6) is 0 Å². The van der Waals surface area contributed by atoms with Crippen LogP contribution in [-0.2, 0) is 17.5 Å². The van der Waals surface area contributed by atoms with Crippen LogP contribution in [0.3, 0.4) is 0 Å². The summed E-state index contributed by atoms with van der Waals surface area (Å²) >= 11 is 0. The van der Waals surface area contributed by atoms with Crippen molar-refractivity contribution in [2.45, 2.75) is 32.5 Å². The van der Waals surface area contributed by atoms with Gasteiger partial charge in [0.25, 0.3) is 5.91 Å². The molecule has 0 saturated carbocycles. The molecule has 3 rings (SSSR count). The Balaban J connectivity index is 1.56. The first kappa shape index (κ1) is 24.6. The van der Waals surface area contributed by atoms with Crippen molar-refractivity contribution in [3.8, 4) is 0 Å². The zero-order valence-electron chi connectivity index (χ0n) is 19.2. The molecule has 0 aromatic heterocycles. The lowest BCUT2D eigenvalue weighted by molar-refractivity contribution is -0.138. The zero-order valence-corrected chi connectivity index (χ0v) is 19.2. The van der Waals surface area contributed by atoms with Crippen LogP contribution in [0.25, 0.3) is 0 Å².